The fourth-order valence-corrected chi connectivity index (χ4v) is 3.45. The molecule has 1 rings (SSSR count). The first-order chi connectivity index (χ1) is 13.6. The molecule has 0 aliphatic rings. The third-order valence-corrected chi connectivity index (χ3v) is 5.19. The van der Waals surface area contributed by atoms with Gasteiger partial charge in [0.15, 0.2) is 0 Å². The lowest BCUT2D eigenvalue weighted by Crippen LogP contribution is -2.14. The van der Waals surface area contributed by atoms with Crippen LogP contribution < -0.4 is 11.1 Å². The van der Waals surface area contributed by atoms with Gasteiger partial charge in [-0.25, -0.2) is 0 Å². The van der Waals surface area contributed by atoms with Gasteiger partial charge in [-0.15, -0.1) is 0 Å². The lowest BCUT2D eigenvalue weighted by atomic mass is 10.0. The first-order valence-corrected chi connectivity index (χ1v) is 11.3. The molecule has 3 N–H and O–H groups in total. The summed E-state index contributed by atoms with van der Waals surface area (Å²) in [6.07, 6.45) is 18.8. The number of primary amides is 1. The predicted molar refractivity (Wildman–Crippen MR) is 119 cm³/mol. The smallest absolute Gasteiger partial charge is 0.248 e. The first kappa shape index (κ1) is 24.2. The average molecular weight is 389 g/mol. The number of hydrogen-bond acceptors (Lipinski definition) is 2. The molecule has 158 valence electrons. The Morgan fingerprint density at radius 2 is 1.29 bits per heavy atom. The highest BCUT2D eigenvalue weighted by atomic mass is 16.2. The Hall–Kier alpha value is -1.84. The van der Waals surface area contributed by atoms with Gasteiger partial charge in [0.1, 0.15) is 0 Å². The molecule has 0 saturated heterocycles. The normalized spacial score (nSPS) is 10.8. The van der Waals surface area contributed by atoms with Crippen LogP contribution in [0.4, 0.5) is 5.69 Å². The minimum absolute atomic E-state index is 0.000516. The van der Waals surface area contributed by atoms with Crippen molar-refractivity contribution in [3.63, 3.8) is 0 Å². The van der Waals surface area contributed by atoms with Crippen molar-refractivity contribution in [2.45, 2.75) is 103 Å². The molecule has 4 nitrogen and oxygen atoms in total. The number of amides is 2. The molecule has 0 heterocycles. The molecule has 0 fully saturated rings. The molecule has 28 heavy (non-hydrogen) atoms. The summed E-state index contributed by atoms with van der Waals surface area (Å²) >= 11 is 0. The summed E-state index contributed by atoms with van der Waals surface area (Å²) in [5.74, 6) is -0.483. The highest BCUT2D eigenvalue weighted by Gasteiger charge is 2.05. The third kappa shape index (κ3) is 12.5. The van der Waals surface area contributed by atoms with E-state index in [4.69, 9.17) is 5.73 Å². The number of hydrogen-bond donors (Lipinski definition) is 2. The van der Waals surface area contributed by atoms with Crippen molar-refractivity contribution in [1.82, 2.24) is 0 Å². The van der Waals surface area contributed by atoms with Crippen molar-refractivity contribution in [3.8, 4) is 0 Å². The summed E-state index contributed by atoms with van der Waals surface area (Å²) < 4.78 is 0. The fourth-order valence-electron chi connectivity index (χ4n) is 3.45. The standard InChI is InChI=1S/C24H40N2O2/c1-2-3-4-5-6-7-8-9-10-11-12-13-14-15-19-23(27)26-22-18-16-17-21(20-22)24(25)28/h16-18,20H,2-15,19H2,1H3,(H2,25,28)(H,26,27). The summed E-state index contributed by atoms with van der Waals surface area (Å²) in [4.78, 5) is 23.2. The highest BCUT2D eigenvalue weighted by molar-refractivity contribution is 5.96. The van der Waals surface area contributed by atoms with E-state index >= 15 is 0 Å². The van der Waals surface area contributed by atoms with Crippen molar-refractivity contribution in [3.05, 3.63) is 29.8 Å². The average Bonchev–Trinajstić information content (AvgIpc) is 2.68. The quantitative estimate of drug-likeness (QED) is 0.295. The maximum absolute atomic E-state index is 12.0. The Labute approximate surface area is 171 Å². The van der Waals surface area contributed by atoms with Gasteiger partial charge in [-0.2, -0.15) is 0 Å². The van der Waals surface area contributed by atoms with E-state index in [1.165, 1.54) is 77.0 Å². The van der Waals surface area contributed by atoms with Gasteiger partial charge in [0.2, 0.25) is 11.8 Å². The lowest BCUT2D eigenvalue weighted by molar-refractivity contribution is -0.116. The van der Waals surface area contributed by atoms with Crippen LogP contribution in [0.1, 0.15) is 114 Å². The van der Waals surface area contributed by atoms with Crippen LogP contribution in [-0.2, 0) is 4.79 Å². The molecule has 0 spiro atoms. The summed E-state index contributed by atoms with van der Waals surface area (Å²) in [6, 6.07) is 6.76. The molecule has 4 heteroatoms. The van der Waals surface area contributed by atoms with Crippen LogP contribution in [0.15, 0.2) is 24.3 Å². The van der Waals surface area contributed by atoms with Gasteiger partial charge in [-0.05, 0) is 24.6 Å². The molecule has 1 aromatic rings. The molecule has 0 aliphatic heterocycles. The van der Waals surface area contributed by atoms with Gasteiger partial charge < -0.3 is 11.1 Å². The van der Waals surface area contributed by atoms with E-state index in [1.807, 2.05) is 0 Å². The molecule has 1 aromatic carbocycles. The topological polar surface area (TPSA) is 72.2 Å². The molecule has 0 aromatic heterocycles. The van der Waals surface area contributed by atoms with Crippen LogP contribution >= 0.6 is 0 Å². The Bertz CT molecular complexity index is 557. The molecule has 0 radical (unpaired) electrons. The second-order valence-electron chi connectivity index (χ2n) is 7.84. The van der Waals surface area contributed by atoms with Crippen LogP contribution in [0.3, 0.4) is 0 Å². The molecular formula is C24H40N2O2. The Balaban J connectivity index is 1.92. The zero-order valence-electron chi connectivity index (χ0n) is 17.8. The summed E-state index contributed by atoms with van der Waals surface area (Å²) in [5.41, 5.74) is 6.30. The summed E-state index contributed by atoms with van der Waals surface area (Å²) in [7, 11) is 0. The van der Waals surface area contributed by atoms with E-state index in [-0.39, 0.29) is 5.91 Å². The molecule has 2 amide bonds. The number of carbonyl (C=O) groups is 2. The number of nitrogens with two attached hydrogens (primary N) is 1. The Morgan fingerprint density at radius 1 is 0.786 bits per heavy atom. The maximum atomic E-state index is 12.0. The number of carbonyl (C=O) groups excluding carboxylic acids is 2. The summed E-state index contributed by atoms with van der Waals surface area (Å²) in [6.45, 7) is 2.27. The van der Waals surface area contributed by atoms with Crippen LogP contribution in [0.5, 0.6) is 0 Å². The number of unbranched alkanes of at least 4 members (excludes halogenated alkanes) is 13. The number of benzene rings is 1. The molecule has 0 aliphatic carbocycles. The third-order valence-electron chi connectivity index (χ3n) is 5.19. The first-order valence-electron chi connectivity index (χ1n) is 11.3. The van der Waals surface area contributed by atoms with Crippen LogP contribution in [0.2, 0.25) is 0 Å². The SMILES string of the molecule is CCCCCCCCCCCCCCCCC(=O)Nc1cccc(C(N)=O)c1. The fraction of sp³-hybridized carbons (Fsp3) is 0.667. The minimum Gasteiger partial charge on any atom is -0.366 e. The molecular weight excluding hydrogens is 348 g/mol. The monoisotopic (exact) mass is 388 g/mol. The highest BCUT2D eigenvalue weighted by Crippen LogP contribution is 2.14. The zero-order valence-corrected chi connectivity index (χ0v) is 17.8. The lowest BCUT2D eigenvalue weighted by Gasteiger charge is -2.06. The Morgan fingerprint density at radius 3 is 1.79 bits per heavy atom. The largest absolute Gasteiger partial charge is 0.366 e. The van der Waals surface area contributed by atoms with E-state index in [9.17, 15) is 9.59 Å². The summed E-state index contributed by atoms with van der Waals surface area (Å²) in [5, 5.41) is 2.84. The van der Waals surface area contributed by atoms with Gasteiger partial charge in [-0.3, -0.25) is 9.59 Å². The van der Waals surface area contributed by atoms with Crippen molar-refractivity contribution in [1.29, 1.82) is 0 Å². The van der Waals surface area contributed by atoms with Crippen molar-refractivity contribution < 1.29 is 9.59 Å². The molecule has 0 bridgehead atoms. The van der Waals surface area contributed by atoms with Gasteiger partial charge in [0.25, 0.3) is 0 Å². The maximum Gasteiger partial charge on any atom is 0.248 e. The molecule has 0 unspecified atom stereocenters. The van der Waals surface area contributed by atoms with Crippen LogP contribution in [0.25, 0.3) is 0 Å². The van der Waals surface area contributed by atoms with E-state index in [2.05, 4.69) is 12.2 Å². The van der Waals surface area contributed by atoms with E-state index in [1.54, 1.807) is 24.3 Å². The van der Waals surface area contributed by atoms with Gasteiger partial charge in [-0.1, -0.05) is 96.5 Å². The molecule has 0 atom stereocenters. The van der Waals surface area contributed by atoms with E-state index in [0.29, 0.717) is 17.7 Å². The van der Waals surface area contributed by atoms with E-state index in [0.717, 1.165) is 12.8 Å². The van der Waals surface area contributed by atoms with Crippen molar-refractivity contribution in [2.24, 2.45) is 5.73 Å². The minimum atomic E-state index is -0.483. The van der Waals surface area contributed by atoms with Crippen LogP contribution in [-0.4, -0.2) is 11.8 Å². The second kappa shape index (κ2) is 16.1. The number of rotatable bonds is 17. The second-order valence-corrected chi connectivity index (χ2v) is 7.84. The van der Waals surface area contributed by atoms with Crippen LogP contribution in [0, 0.1) is 0 Å². The van der Waals surface area contributed by atoms with E-state index < -0.39 is 5.91 Å². The van der Waals surface area contributed by atoms with Crippen molar-refractivity contribution in [2.75, 3.05) is 5.32 Å². The molecule has 0 saturated carbocycles. The van der Waals surface area contributed by atoms with Gasteiger partial charge >= 0.3 is 0 Å². The predicted octanol–water partition coefficient (Wildman–Crippen LogP) is 6.60. The zero-order chi connectivity index (χ0) is 20.5. The van der Waals surface area contributed by atoms with Gasteiger partial charge in [0, 0.05) is 17.7 Å². The van der Waals surface area contributed by atoms with Gasteiger partial charge in [0.05, 0.1) is 0 Å². The number of anilines is 1. The van der Waals surface area contributed by atoms with Crippen molar-refractivity contribution >= 4 is 17.5 Å². The number of nitrogens with one attached hydrogen (secondary N) is 1. The Kier molecular flexibility index (Phi) is 14.0.